The van der Waals surface area contributed by atoms with E-state index in [0.717, 1.165) is 28.2 Å². The van der Waals surface area contributed by atoms with Gasteiger partial charge in [-0.3, -0.25) is 4.98 Å². The molecule has 0 amide bonds. The first-order chi connectivity index (χ1) is 9.24. The van der Waals surface area contributed by atoms with Gasteiger partial charge in [0.2, 0.25) is 0 Å². The highest BCUT2D eigenvalue weighted by Crippen LogP contribution is 2.20. The van der Waals surface area contributed by atoms with Crippen molar-refractivity contribution in [2.45, 2.75) is 19.9 Å². The third-order valence-corrected chi connectivity index (χ3v) is 3.10. The number of nitrogens with one attached hydrogen (secondary N) is 2. The first kappa shape index (κ1) is 11.6. The molecule has 0 aromatic carbocycles. The molecule has 3 heterocycles. The molecule has 3 aromatic rings. The van der Waals surface area contributed by atoms with Crippen LogP contribution in [-0.2, 0) is 0 Å². The van der Waals surface area contributed by atoms with Gasteiger partial charge in [-0.25, -0.2) is 9.97 Å². The lowest BCUT2D eigenvalue weighted by molar-refractivity contribution is 0.862. The van der Waals surface area contributed by atoms with Crippen LogP contribution in [0.25, 0.3) is 11.2 Å². The predicted octanol–water partition coefficient (Wildman–Crippen LogP) is 2.83. The topological polar surface area (TPSA) is 66.5 Å². The third-order valence-electron chi connectivity index (χ3n) is 3.10. The summed E-state index contributed by atoms with van der Waals surface area (Å²) >= 11 is 0. The van der Waals surface area contributed by atoms with Gasteiger partial charge in [-0.05, 0) is 31.5 Å². The van der Waals surface area contributed by atoms with Crippen LogP contribution in [0, 0.1) is 6.92 Å². The van der Waals surface area contributed by atoms with Gasteiger partial charge in [-0.2, -0.15) is 0 Å². The van der Waals surface area contributed by atoms with Gasteiger partial charge in [0.25, 0.3) is 0 Å². The number of hydrogen-bond acceptors (Lipinski definition) is 4. The summed E-state index contributed by atoms with van der Waals surface area (Å²) in [5.74, 6) is 0.809. The minimum absolute atomic E-state index is 0.137. The van der Waals surface area contributed by atoms with E-state index < -0.39 is 0 Å². The summed E-state index contributed by atoms with van der Waals surface area (Å²) in [7, 11) is 0. The molecule has 3 aromatic heterocycles. The molecule has 3 rings (SSSR count). The Morgan fingerprint density at radius 2 is 2.16 bits per heavy atom. The minimum atomic E-state index is 0.137. The van der Waals surface area contributed by atoms with E-state index in [4.69, 9.17) is 0 Å². The second-order valence-electron chi connectivity index (χ2n) is 4.52. The van der Waals surface area contributed by atoms with Crippen molar-refractivity contribution in [3.63, 3.8) is 0 Å². The average Bonchev–Trinajstić information content (AvgIpc) is 2.87. The van der Waals surface area contributed by atoms with E-state index in [2.05, 4.69) is 32.2 Å². The molecular weight excluding hydrogens is 238 g/mol. The fourth-order valence-corrected chi connectivity index (χ4v) is 2.01. The summed E-state index contributed by atoms with van der Waals surface area (Å²) in [6.45, 7) is 4.03. The van der Waals surface area contributed by atoms with Crippen molar-refractivity contribution in [1.82, 2.24) is 19.9 Å². The van der Waals surface area contributed by atoms with E-state index in [1.54, 1.807) is 6.20 Å². The predicted molar refractivity (Wildman–Crippen MR) is 74.9 cm³/mol. The van der Waals surface area contributed by atoms with Crippen LogP contribution < -0.4 is 5.32 Å². The number of aromatic amines is 1. The zero-order chi connectivity index (χ0) is 13.2. The van der Waals surface area contributed by atoms with Crippen LogP contribution in [0.15, 0.2) is 36.8 Å². The Hall–Kier alpha value is -2.43. The van der Waals surface area contributed by atoms with Crippen LogP contribution in [0.2, 0.25) is 0 Å². The second kappa shape index (κ2) is 4.68. The van der Waals surface area contributed by atoms with Crippen LogP contribution in [0.5, 0.6) is 0 Å². The van der Waals surface area contributed by atoms with Gasteiger partial charge in [0, 0.05) is 18.6 Å². The monoisotopic (exact) mass is 253 g/mol. The zero-order valence-corrected chi connectivity index (χ0v) is 10.9. The van der Waals surface area contributed by atoms with Crippen molar-refractivity contribution < 1.29 is 0 Å². The van der Waals surface area contributed by atoms with Gasteiger partial charge in [0.05, 0.1) is 11.7 Å². The number of aromatic nitrogens is 4. The molecular formula is C14H15N5. The van der Waals surface area contributed by atoms with E-state index in [0.29, 0.717) is 0 Å². The van der Waals surface area contributed by atoms with Crippen molar-refractivity contribution in [1.29, 1.82) is 0 Å². The summed E-state index contributed by atoms with van der Waals surface area (Å²) in [6.07, 6.45) is 5.47. The molecule has 96 valence electrons. The first-order valence-corrected chi connectivity index (χ1v) is 6.22. The molecule has 2 N–H and O–H groups in total. The number of hydrogen-bond donors (Lipinski definition) is 2. The van der Waals surface area contributed by atoms with Crippen LogP contribution in [0.1, 0.15) is 24.2 Å². The SMILES string of the molecule is Cc1nc2[nH]ccc2nc1NC(C)c1cccnc1. The van der Waals surface area contributed by atoms with Crippen LogP contribution in [-0.4, -0.2) is 19.9 Å². The Morgan fingerprint density at radius 3 is 2.95 bits per heavy atom. The van der Waals surface area contributed by atoms with Gasteiger partial charge < -0.3 is 10.3 Å². The van der Waals surface area contributed by atoms with Crippen molar-refractivity contribution in [2.24, 2.45) is 0 Å². The molecule has 5 heteroatoms. The molecule has 0 aliphatic rings. The maximum absolute atomic E-state index is 4.57. The number of aryl methyl sites for hydroxylation is 1. The molecule has 0 saturated carbocycles. The van der Waals surface area contributed by atoms with Crippen LogP contribution in [0.3, 0.4) is 0 Å². The number of nitrogens with zero attached hydrogens (tertiary/aromatic N) is 3. The summed E-state index contributed by atoms with van der Waals surface area (Å²) < 4.78 is 0. The number of rotatable bonds is 3. The summed E-state index contributed by atoms with van der Waals surface area (Å²) in [4.78, 5) is 16.3. The highest BCUT2D eigenvalue weighted by Gasteiger charge is 2.10. The normalized spacial score (nSPS) is 12.5. The summed E-state index contributed by atoms with van der Waals surface area (Å²) in [6, 6.07) is 6.03. The number of pyridine rings is 1. The number of H-pyrrole nitrogens is 1. The molecule has 1 atom stereocenters. The largest absolute Gasteiger partial charge is 0.362 e. The van der Waals surface area contributed by atoms with Gasteiger partial charge in [0.1, 0.15) is 11.3 Å². The van der Waals surface area contributed by atoms with Crippen molar-refractivity contribution in [3.05, 3.63) is 48.0 Å². The zero-order valence-electron chi connectivity index (χ0n) is 10.9. The fraction of sp³-hybridized carbons (Fsp3) is 0.214. The maximum atomic E-state index is 4.57. The van der Waals surface area contributed by atoms with Crippen LogP contribution >= 0.6 is 0 Å². The van der Waals surface area contributed by atoms with Gasteiger partial charge in [-0.15, -0.1) is 0 Å². The Labute approximate surface area is 111 Å². The smallest absolute Gasteiger partial charge is 0.156 e. The lowest BCUT2D eigenvalue weighted by Crippen LogP contribution is -2.10. The lowest BCUT2D eigenvalue weighted by atomic mass is 10.1. The quantitative estimate of drug-likeness (QED) is 0.753. The highest BCUT2D eigenvalue weighted by atomic mass is 15.1. The molecule has 0 radical (unpaired) electrons. The Bertz CT molecular complexity index is 689. The summed E-state index contributed by atoms with van der Waals surface area (Å²) in [5, 5.41) is 3.38. The second-order valence-corrected chi connectivity index (χ2v) is 4.52. The van der Waals surface area contributed by atoms with Crippen molar-refractivity contribution >= 4 is 17.0 Å². The fourth-order valence-electron chi connectivity index (χ4n) is 2.01. The van der Waals surface area contributed by atoms with Gasteiger partial charge in [0.15, 0.2) is 5.65 Å². The molecule has 0 saturated heterocycles. The molecule has 0 fully saturated rings. The minimum Gasteiger partial charge on any atom is -0.362 e. The van der Waals surface area contributed by atoms with Crippen molar-refractivity contribution in [2.75, 3.05) is 5.32 Å². The van der Waals surface area contributed by atoms with E-state index in [1.807, 2.05) is 37.5 Å². The Morgan fingerprint density at radius 1 is 1.26 bits per heavy atom. The average molecular weight is 253 g/mol. The summed E-state index contributed by atoms with van der Waals surface area (Å²) in [5.41, 5.74) is 3.69. The lowest BCUT2D eigenvalue weighted by Gasteiger charge is -2.15. The number of fused-ring (bicyclic) bond motifs is 1. The van der Waals surface area contributed by atoms with Crippen molar-refractivity contribution in [3.8, 4) is 0 Å². The van der Waals surface area contributed by atoms with E-state index in [-0.39, 0.29) is 6.04 Å². The molecule has 0 spiro atoms. The van der Waals surface area contributed by atoms with Gasteiger partial charge in [-0.1, -0.05) is 6.07 Å². The first-order valence-electron chi connectivity index (χ1n) is 6.22. The Kier molecular flexibility index (Phi) is 2.87. The van der Waals surface area contributed by atoms with Crippen LogP contribution in [0.4, 0.5) is 5.82 Å². The van der Waals surface area contributed by atoms with Gasteiger partial charge >= 0.3 is 0 Å². The van der Waals surface area contributed by atoms with E-state index >= 15 is 0 Å². The van der Waals surface area contributed by atoms with E-state index in [1.165, 1.54) is 0 Å². The van der Waals surface area contributed by atoms with E-state index in [9.17, 15) is 0 Å². The molecule has 19 heavy (non-hydrogen) atoms. The highest BCUT2D eigenvalue weighted by molar-refractivity contribution is 5.73. The molecule has 0 bridgehead atoms. The molecule has 0 aliphatic heterocycles. The maximum Gasteiger partial charge on any atom is 0.156 e. The third kappa shape index (κ3) is 2.27. The number of anilines is 1. The standard InChI is InChI=1S/C14H15N5/c1-9(11-4-3-6-15-8-11)17-13-10(2)18-14-12(19-13)5-7-16-14/h3-9H,1-2H3,(H,16,18)(H,17,19). The molecule has 5 nitrogen and oxygen atoms in total. The molecule has 0 aliphatic carbocycles. The molecule has 1 unspecified atom stereocenters. The Balaban J connectivity index is 1.90.